The van der Waals surface area contributed by atoms with Gasteiger partial charge in [0.25, 0.3) is 5.91 Å². The Bertz CT molecular complexity index is 514. The number of urea groups is 1. The van der Waals surface area contributed by atoms with Gasteiger partial charge in [0.1, 0.15) is 0 Å². The molecule has 1 aromatic rings. The van der Waals surface area contributed by atoms with E-state index in [4.69, 9.17) is 4.74 Å². The fraction of sp³-hybridized carbons (Fsp3) is 0.400. The zero-order valence-electron chi connectivity index (χ0n) is 12.3. The van der Waals surface area contributed by atoms with Crippen LogP contribution in [0.15, 0.2) is 24.3 Å². The maximum atomic E-state index is 11.6. The first kappa shape index (κ1) is 16.7. The highest BCUT2D eigenvalue weighted by molar-refractivity contribution is 5.95. The van der Waals surface area contributed by atoms with Crippen molar-refractivity contribution >= 4 is 17.9 Å². The van der Waals surface area contributed by atoms with Crippen LogP contribution < -0.4 is 10.6 Å². The number of rotatable bonds is 6. The summed E-state index contributed by atoms with van der Waals surface area (Å²) in [4.78, 5) is 34.2. The van der Waals surface area contributed by atoms with Crippen molar-refractivity contribution in [3.63, 3.8) is 0 Å². The summed E-state index contributed by atoms with van der Waals surface area (Å²) in [5.41, 5.74) is 1.83. The highest BCUT2D eigenvalue weighted by Gasteiger charge is 2.11. The predicted octanol–water partition coefficient (Wildman–Crippen LogP) is 1.32. The zero-order valence-corrected chi connectivity index (χ0v) is 12.3. The highest BCUT2D eigenvalue weighted by Crippen LogP contribution is 2.08. The van der Waals surface area contributed by atoms with E-state index in [0.717, 1.165) is 17.5 Å². The molecule has 0 aliphatic heterocycles. The van der Waals surface area contributed by atoms with Crippen LogP contribution in [0.25, 0.3) is 0 Å². The molecule has 3 amide bonds. The number of esters is 1. The van der Waals surface area contributed by atoms with Crippen LogP contribution in [-0.4, -0.2) is 31.1 Å². The van der Waals surface area contributed by atoms with Crippen LogP contribution in [0.1, 0.15) is 24.5 Å². The van der Waals surface area contributed by atoms with Gasteiger partial charge >= 0.3 is 12.0 Å². The van der Waals surface area contributed by atoms with Gasteiger partial charge < -0.3 is 10.1 Å². The topological polar surface area (TPSA) is 84.5 Å². The van der Waals surface area contributed by atoms with Crippen molar-refractivity contribution in [2.45, 2.75) is 26.7 Å². The largest absolute Gasteiger partial charge is 0.455 e. The molecule has 0 saturated heterocycles. The standard InChI is InChI=1S/C15H20N2O4/c1-3-8-16-15(20)17-13(18)10-21-14(19)9-12-7-5-4-6-11(12)2/h4-7H,3,8-10H2,1-2H3,(H2,16,17,18,20). The lowest BCUT2D eigenvalue weighted by molar-refractivity contribution is -0.147. The predicted molar refractivity (Wildman–Crippen MR) is 77.7 cm³/mol. The van der Waals surface area contributed by atoms with E-state index in [-0.39, 0.29) is 6.42 Å². The average molecular weight is 292 g/mol. The molecule has 0 radical (unpaired) electrons. The van der Waals surface area contributed by atoms with Crippen LogP contribution in [0.4, 0.5) is 4.79 Å². The Hall–Kier alpha value is -2.37. The van der Waals surface area contributed by atoms with Crippen LogP contribution in [0.5, 0.6) is 0 Å². The summed E-state index contributed by atoms with van der Waals surface area (Å²) in [6.07, 6.45) is 0.870. The molecule has 6 heteroatoms. The lowest BCUT2D eigenvalue weighted by Gasteiger charge is -2.07. The molecule has 0 bridgehead atoms. The molecule has 21 heavy (non-hydrogen) atoms. The Morgan fingerprint density at radius 3 is 2.57 bits per heavy atom. The maximum Gasteiger partial charge on any atom is 0.321 e. The summed E-state index contributed by atoms with van der Waals surface area (Å²) >= 11 is 0. The molecule has 0 aromatic heterocycles. The van der Waals surface area contributed by atoms with E-state index >= 15 is 0 Å². The van der Waals surface area contributed by atoms with Crippen LogP contribution in [0.2, 0.25) is 0 Å². The summed E-state index contributed by atoms with van der Waals surface area (Å²) < 4.78 is 4.84. The van der Waals surface area contributed by atoms with E-state index in [1.807, 2.05) is 38.1 Å². The van der Waals surface area contributed by atoms with Crippen molar-refractivity contribution in [3.8, 4) is 0 Å². The number of amides is 3. The Kier molecular flexibility index (Phi) is 6.94. The number of benzene rings is 1. The third-order valence-corrected chi connectivity index (χ3v) is 2.75. The van der Waals surface area contributed by atoms with E-state index in [1.54, 1.807) is 0 Å². The molecule has 114 valence electrons. The van der Waals surface area contributed by atoms with Crippen LogP contribution in [0.3, 0.4) is 0 Å². The highest BCUT2D eigenvalue weighted by atomic mass is 16.5. The number of imide groups is 1. The number of carbonyl (C=O) groups excluding carboxylic acids is 3. The SMILES string of the molecule is CCCNC(=O)NC(=O)COC(=O)Cc1ccccc1C. The number of hydrogen-bond donors (Lipinski definition) is 2. The van der Waals surface area contributed by atoms with Gasteiger partial charge in [-0.15, -0.1) is 0 Å². The molecule has 0 aliphatic rings. The zero-order chi connectivity index (χ0) is 15.7. The molecule has 0 atom stereocenters. The minimum atomic E-state index is -0.651. The first-order chi connectivity index (χ1) is 10.0. The Morgan fingerprint density at radius 1 is 1.19 bits per heavy atom. The molecular formula is C15H20N2O4. The van der Waals surface area contributed by atoms with E-state index in [9.17, 15) is 14.4 Å². The minimum Gasteiger partial charge on any atom is -0.455 e. The molecule has 0 heterocycles. The van der Waals surface area contributed by atoms with Crippen molar-refractivity contribution in [1.29, 1.82) is 0 Å². The second-order valence-corrected chi connectivity index (χ2v) is 4.57. The van der Waals surface area contributed by atoms with Gasteiger partial charge in [0.2, 0.25) is 0 Å². The van der Waals surface area contributed by atoms with Gasteiger partial charge in [-0.05, 0) is 24.5 Å². The second-order valence-electron chi connectivity index (χ2n) is 4.57. The average Bonchev–Trinajstić information content (AvgIpc) is 2.45. The molecule has 0 fully saturated rings. The van der Waals surface area contributed by atoms with Crippen molar-refractivity contribution in [1.82, 2.24) is 10.6 Å². The number of ether oxygens (including phenoxy) is 1. The molecule has 6 nitrogen and oxygen atoms in total. The molecule has 2 N–H and O–H groups in total. The van der Waals surface area contributed by atoms with Crippen LogP contribution in [0, 0.1) is 6.92 Å². The van der Waals surface area contributed by atoms with E-state index in [0.29, 0.717) is 6.54 Å². The Morgan fingerprint density at radius 2 is 1.90 bits per heavy atom. The number of nitrogens with one attached hydrogen (secondary N) is 2. The Balaban J connectivity index is 2.31. The maximum absolute atomic E-state index is 11.6. The van der Waals surface area contributed by atoms with Crippen molar-refractivity contribution in [2.75, 3.05) is 13.2 Å². The second kappa shape index (κ2) is 8.73. The Labute approximate surface area is 123 Å². The summed E-state index contributed by atoms with van der Waals surface area (Å²) in [6.45, 7) is 3.80. The van der Waals surface area contributed by atoms with Gasteiger partial charge in [0, 0.05) is 6.54 Å². The van der Waals surface area contributed by atoms with Crippen molar-refractivity contribution in [3.05, 3.63) is 35.4 Å². The molecule has 0 spiro atoms. The third kappa shape index (κ3) is 6.56. The third-order valence-electron chi connectivity index (χ3n) is 2.75. The molecule has 0 aliphatic carbocycles. The van der Waals surface area contributed by atoms with Gasteiger partial charge in [-0.3, -0.25) is 14.9 Å². The number of aryl methyl sites for hydroxylation is 1. The summed E-state index contributed by atoms with van der Waals surface area (Å²) in [6, 6.07) is 6.85. The monoisotopic (exact) mass is 292 g/mol. The number of carbonyl (C=O) groups is 3. The molecule has 0 saturated carbocycles. The normalized spacial score (nSPS) is 9.81. The minimum absolute atomic E-state index is 0.0992. The van der Waals surface area contributed by atoms with Crippen LogP contribution in [-0.2, 0) is 20.7 Å². The lowest BCUT2D eigenvalue weighted by atomic mass is 10.1. The van der Waals surface area contributed by atoms with Gasteiger partial charge in [-0.2, -0.15) is 0 Å². The fourth-order valence-corrected chi connectivity index (χ4v) is 1.61. The smallest absolute Gasteiger partial charge is 0.321 e. The van der Waals surface area contributed by atoms with Crippen molar-refractivity contribution in [2.24, 2.45) is 0 Å². The van der Waals surface area contributed by atoms with E-state index in [2.05, 4.69) is 10.6 Å². The lowest BCUT2D eigenvalue weighted by Crippen LogP contribution is -2.41. The van der Waals surface area contributed by atoms with E-state index < -0.39 is 24.5 Å². The molecule has 0 unspecified atom stereocenters. The number of hydrogen-bond acceptors (Lipinski definition) is 4. The van der Waals surface area contributed by atoms with Gasteiger partial charge in [0.15, 0.2) is 6.61 Å². The van der Waals surface area contributed by atoms with E-state index in [1.165, 1.54) is 0 Å². The fourth-order valence-electron chi connectivity index (χ4n) is 1.61. The van der Waals surface area contributed by atoms with Gasteiger partial charge in [-0.25, -0.2) is 4.79 Å². The molecular weight excluding hydrogens is 272 g/mol. The molecule has 1 rings (SSSR count). The quantitative estimate of drug-likeness (QED) is 0.774. The summed E-state index contributed by atoms with van der Waals surface area (Å²) in [5, 5.41) is 4.57. The van der Waals surface area contributed by atoms with Gasteiger partial charge in [-0.1, -0.05) is 31.2 Å². The first-order valence-electron chi connectivity index (χ1n) is 6.80. The van der Waals surface area contributed by atoms with Gasteiger partial charge in [0.05, 0.1) is 6.42 Å². The summed E-state index contributed by atoms with van der Waals surface area (Å²) in [7, 11) is 0. The van der Waals surface area contributed by atoms with Crippen molar-refractivity contribution < 1.29 is 19.1 Å². The first-order valence-corrected chi connectivity index (χ1v) is 6.80. The molecule has 1 aromatic carbocycles. The summed E-state index contributed by atoms with van der Waals surface area (Å²) in [5.74, 6) is -1.16. The van der Waals surface area contributed by atoms with Crippen LogP contribution >= 0.6 is 0 Å².